The lowest BCUT2D eigenvalue weighted by molar-refractivity contribution is 0.1000. The second-order valence-electron chi connectivity index (χ2n) is 6.34. The Kier molecular flexibility index (Phi) is 6.10. The molecule has 0 spiro atoms. The first-order valence-corrected chi connectivity index (χ1v) is 9.04. The predicted octanol–water partition coefficient (Wildman–Crippen LogP) is 2.50. The van der Waals surface area contributed by atoms with Crippen LogP contribution in [0.15, 0.2) is 65.8 Å². The van der Waals surface area contributed by atoms with E-state index in [1.165, 1.54) is 10.9 Å². The van der Waals surface area contributed by atoms with Crippen LogP contribution in [0.25, 0.3) is 10.9 Å². The molecule has 0 saturated carbocycles. The summed E-state index contributed by atoms with van der Waals surface area (Å²) in [5, 5.41) is 7.84. The summed E-state index contributed by atoms with van der Waals surface area (Å²) in [4.78, 5) is 15.5. The second kappa shape index (κ2) is 8.89. The van der Waals surface area contributed by atoms with Crippen molar-refractivity contribution in [2.75, 3.05) is 13.6 Å². The number of nitrogens with one attached hydrogen (secondary N) is 2. The van der Waals surface area contributed by atoms with Gasteiger partial charge in [0.25, 0.3) is 0 Å². The predicted molar refractivity (Wildman–Crippen MR) is 110 cm³/mol. The van der Waals surface area contributed by atoms with E-state index < -0.39 is 5.91 Å². The molecular weight excluding hydrogens is 338 g/mol. The van der Waals surface area contributed by atoms with Gasteiger partial charge in [0, 0.05) is 44.0 Å². The molecule has 0 aliphatic rings. The number of amides is 1. The number of benzene rings is 2. The number of aryl methyl sites for hydroxylation is 1. The molecule has 1 aromatic heterocycles. The third-order valence-corrected chi connectivity index (χ3v) is 4.44. The Labute approximate surface area is 159 Å². The number of aliphatic imine (C=N–C) groups is 1. The standard InChI is InChI=1S/C21H25N5O/c1-23-21(25-15-16-6-4-8-18(14-16)20(22)27)24-11-5-12-26-13-10-17-7-2-3-9-19(17)26/h2-4,6-10,13-14H,5,11-12,15H2,1H3,(H2,22,27)(H2,23,24,25). The third-order valence-electron chi connectivity index (χ3n) is 4.44. The quantitative estimate of drug-likeness (QED) is 0.343. The minimum atomic E-state index is -0.420. The number of rotatable bonds is 7. The first-order valence-electron chi connectivity index (χ1n) is 9.04. The van der Waals surface area contributed by atoms with Gasteiger partial charge in [0.1, 0.15) is 0 Å². The summed E-state index contributed by atoms with van der Waals surface area (Å²) in [6.45, 7) is 2.33. The number of para-hydroxylation sites is 1. The largest absolute Gasteiger partial charge is 0.366 e. The molecule has 1 heterocycles. The Hall–Kier alpha value is -3.28. The van der Waals surface area contributed by atoms with E-state index in [9.17, 15) is 4.79 Å². The number of hydrogen-bond donors (Lipinski definition) is 3. The van der Waals surface area contributed by atoms with Crippen molar-refractivity contribution in [1.82, 2.24) is 15.2 Å². The minimum absolute atomic E-state index is 0.420. The Morgan fingerprint density at radius 3 is 2.78 bits per heavy atom. The molecule has 6 heteroatoms. The van der Waals surface area contributed by atoms with Crippen LogP contribution in [0.1, 0.15) is 22.3 Å². The molecule has 1 amide bonds. The number of carbonyl (C=O) groups is 1. The zero-order valence-corrected chi connectivity index (χ0v) is 15.5. The van der Waals surface area contributed by atoms with Crippen LogP contribution in [0.4, 0.5) is 0 Å². The van der Waals surface area contributed by atoms with Crippen LogP contribution in [0.2, 0.25) is 0 Å². The number of hydrogen-bond acceptors (Lipinski definition) is 2. The summed E-state index contributed by atoms with van der Waals surface area (Å²) >= 11 is 0. The minimum Gasteiger partial charge on any atom is -0.366 e. The van der Waals surface area contributed by atoms with Gasteiger partial charge in [-0.25, -0.2) is 0 Å². The summed E-state index contributed by atoms with van der Waals surface area (Å²) in [5.41, 5.74) is 8.07. The van der Waals surface area contributed by atoms with Crippen LogP contribution in [-0.2, 0) is 13.1 Å². The molecule has 3 aromatic rings. The van der Waals surface area contributed by atoms with Crippen LogP contribution in [0.3, 0.4) is 0 Å². The molecule has 0 saturated heterocycles. The summed E-state index contributed by atoms with van der Waals surface area (Å²) < 4.78 is 2.27. The van der Waals surface area contributed by atoms with Crippen molar-refractivity contribution in [3.63, 3.8) is 0 Å². The summed E-state index contributed by atoms with van der Waals surface area (Å²) in [6, 6.07) is 17.8. The van der Waals surface area contributed by atoms with Crippen molar-refractivity contribution in [3.05, 3.63) is 71.9 Å². The smallest absolute Gasteiger partial charge is 0.248 e. The molecule has 6 nitrogen and oxygen atoms in total. The van der Waals surface area contributed by atoms with Crippen LogP contribution in [0.5, 0.6) is 0 Å². The van der Waals surface area contributed by atoms with E-state index in [1.54, 1.807) is 19.2 Å². The van der Waals surface area contributed by atoms with Crippen LogP contribution in [-0.4, -0.2) is 30.0 Å². The zero-order chi connectivity index (χ0) is 19.1. The summed E-state index contributed by atoms with van der Waals surface area (Å²) in [5.74, 6) is 0.314. The fourth-order valence-corrected chi connectivity index (χ4v) is 3.03. The second-order valence-corrected chi connectivity index (χ2v) is 6.34. The Morgan fingerprint density at radius 1 is 1.11 bits per heavy atom. The van der Waals surface area contributed by atoms with Crippen LogP contribution in [0, 0.1) is 0 Å². The normalized spacial score (nSPS) is 11.5. The number of nitrogens with zero attached hydrogens (tertiary/aromatic N) is 2. The SMILES string of the molecule is CN=C(NCCCn1ccc2ccccc21)NCc1cccc(C(N)=O)c1. The van der Waals surface area contributed by atoms with Crippen molar-refractivity contribution < 1.29 is 4.79 Å². The lowest BCUT2D eigenvalue weighted by atomic mass is 10.1. The lowest BCUT2D eigenvalue weighted by Gasteiger charge is -2.13. The topological polar surface area (TPSA) is 84.4 Å². The van der Waals surface area contributed by atoms with Crippen molar-refractivity contribution in [2.24, 2.45) is 10.7 Å². The Morgan fingerprint density at radius 2 is 1.96 bits per heavy atom. The fraction of sp³-hybridized carbons (Fsp3) is 0.238. The molecule has 0 radical (unpaired) electrons. The third kappa shape index (κ3) is 4.88. The van der Waals surface area contributed by atoms with Gasteiger partial charge < -0.3 is 20.9 Å². The van der Waals surface area contributed by atoms with Gasteiger partial charge in [-0.15, -0.1) is 0 Å². The molecule has 0 bridgehead atoms. The number of guanidine groups is 1. The highest BCUT2D eigenvalue weighted by atomic mass is 16.1. The number of carbonyl (C=O) groups excluding carboxylic acids is 1. The van der Waals surface area contributed by atoms with Gasteiger partial charge in [0.2, 0.25) is 5.91 Å². The van der Waals surface area contributed by atoms with Crippen LogP contribution >= 0.6 is 0 Å². The highest BCUT2D eigenvalue weighted by Crippen LogP contribution is 2.15. The Balaban J connectivity index is 1.45. The monoisotopic (exact) mass is 363 g/mol. The van der Waals surface area contributed by atoms with Gasteiger partial charge >= 0.3 is 0 Å². The molecule has 0 aliphatic heterocycles. The molecule has 0 unspecified atom stereocenters. The first-order chi connectivity index (χ1) is 13.2. The molecule has 0 atom stereocenters. The van der Waals surface area contributed by atoms with E-state index in [0.717, 1.165) is 31.0 Å². The van der Waals surface area contributed by atoms with Crippen molar-refractivity contribution in [3.8, 4) is 0 Å². The molecule has 0 fully saturated rings. The molecular formula is C21H25N5O. The number of nitrogens with two attached hydrogens (primary N) is 1. The summed E-state index contributed by atoms with van der Waals surface area (Å²) in [7, 11) is 1.74. The van der Waals surface area contributed by atoms with Crippen molar-refractivity contribution in [1.29, 1.82) is 0 Å². The van der Waals surface area contributed by atoms with Gasteiger partial charge in [-0.3, -0.25) is 9.79 Å². The zero-order valence-electron chi connectivity index (χ0n) is 15.5. The fourth-order valence-electron chi connectivity index (χ4n) is 3.03. The van der Waals surface area contributed by atoms with Gasteiger partial charge in [-0.05, 0) is 41.6 Å². The molecule has 3 rings (SSSR count). The van der Waals surface area contributed by atoms with Gasteiger partial charge in [-0.2, -0.15) is 0 Å². The number of fused-ring (bicyclic) bond motifs is 1. The van der Waals surface area contributed by atoms with Gasteiger partial charge in [-0.1, -0.05) is 30.3 Å². The maximum atomic E-state index is 11.3. The van der Waals surface area contributed by atoms with Crippen LogP contribution < -0.4 is 16.4 Å². The van der Waals surface area contributed by atoms with Crippen molar-refractivity contribution >= 4 is 22.8 Å². The van der Waals surface area contributed by atoms with E-state index in [4.69, 9.17) is 5.73 Å². The molecule has 0 aliphatic carbocycles. The average Bonchev–Trinajstić information content (AvgIpc) is 3.11. The van der Waals surface area contributed by atoms with Gasteiger partial charge in [0.05, 0.1) is 0 Å². The van der Waals surface area contributed by atoms with E-state index >= 15 is 0 Å². The van der Waals surface area contributed by atoms with E-state index in [0.29, 0.717) is 12.1 Å². The number of aromatic nitrogens is 1. The van der Waals surface area contributed by atoms with E-state index in [-0.39, 0.29) is 0 Å². The van der Waals surface area contributed by atoms with E-state index in [2.05, 4.69) is 56.7 Å². The Bertz CT molecular complexity index is 944. The number of primary amides is 1. The lowest BCUT2D eigenvalue weighted by Crippen LogP contribution is -2.37. The first kappa shape index (κ1) is 18.5. The van der Waals surface area contributed by atoms with E-state index in [1.807, 2.05) is 12.1 Å². The maximum absolute atomic E-state index is 11.3. The summed E-state index contributed by atoms with van der Waals surface area (Å²) in [6.07, 6.45) is 3.11. The van der Waals surface area contributed by atoms with Crippen molar-refractivity contribution in [2.45, 2.75) is 19.5 Å². The highest BCUT2D eigenvalue weighted by molar-refractivity contribution is 5.92. The highest BCUT2D eigenvalue weighted by Gasteiger charge is 2.03. The maximum Gasteiger partial charge on any atom is 0.248 e. The van der Waals surface area contributed by atoms with Gasteiger partial charge in [0.15, 0.2) is 5.96 Å². The molecule has 27 heavy (non-hydrogen) atoms. The molecule has 2 aromatic carbocycles. The molecule has 4 N–H and O–H groups in total. The average molecular weight is 363 g/mol. The molecule has 140 valence electrons.